The van der Waals surface area contributed by atoms with Gasteiger partial charge in [0.05, 0.1) is 23.2 Å². The molecule has 9 heteroatoms. The molecule has 6 rings (SSSR count). The Labute approximate surface area is 217 Å². The van der Waals surface area contributed by atoms with Crippen LogP contribution in [0.4, 0.5) is 11.4 Å². The first-order chi connectivity index (χ1) is 17.7. The van der Waals surface area contributed by atoms with Crippen molar-refractivity contribution in [1.82, 2.24) is 5.32 Å². The van der Waals surface area contributed by atoms with Crippen molar-refractivity contribution < 1.29 is 19.2 Å². The van der Waals surface area contributed by atoms with Crippen molar-refractivity contribution in [2.75, 3.05) is 10.2 Å². The van der Waals surface area contributed by atoms with E-state index in [4.69, 9.17) is 17.3 Å². The molecule has 4 atom stereocenters. The highest BCUT2D eigenvalue weighted by atomic mass is 35.5. The Kier molecular flexibility index (Phi) is 5.22. The summed E-state index contributed by atoms with van der Waals surface area (Å²) in [6.45, 7) is 1.81. The van der Waals surface area contributed by atoms with Gasteiger partial charge in [-0.2, -0.15) is 0 Å². The van der Waals surface area contributed by atoms with Crippen LogP contribution in [0.15, 0.2) is 66.7 Å². The van der Waals surface area contributed by atoms with Crippen molar-refractivity contribution in [2.45, 2.75) is 24.9 Å². The van der Waals surface area contributed by atoms with Crippen molar-refractivity contribution in [2.24, 2.45) is 17.6 Å². The zero-order chi connectivity index (χ0) is 26.1. The van der Waals surface area contributed by atoms with E-state index in [1.165, 1.54) is 24.3 Å². The fraction of sp³-hybridized carbons (Fsp3) is 0.214. The summed E-state index contributed by atoms with van der Waals surface area (Å²) in [4.78, 5) is 54.4. The van der Waals surface area contributed by atoms with Crippen LogP contribution >= 0.6 is 11.6 Å². The lowest BCUT2D eigenvalue weighted by atomic mass is 9.76. The summed E-state index contributed by atoms with van der Waals surface area (Å²) in [6, 6.07) is 18.6. The molecule has 0 radical (unpaired) electrons. The van der Waals surface area contributed by atoms with Gasteiger partial charge in [-0.3, -0.25) is 24.5 Å². The van der Waals surface area contributed by atoms with Gasteiger partial charge >= 0.3 is 0 Å². The standard InChI is InChI=1S/C28H23ClN4O4/c1-14-19(29)12-11-18-23(14)31-27(37)28(18)22-21(20(32-28)13-15-5-3-2-4-6-15)25(35)33(26(22)36)17-9-7-16(8-10-17)24(30)34/h2-12,20-22,32H,13H2,1H3,(H2,30,34)(H,31,37). The smallest absolute Gasteiger partial charge is 0.250 e. The molecule has 3 heterocycles. The van der Waals surface area contributed by atoms with Crippen molar-refractivity contribution >= 4 is 46.6 Å². The number of halogens is 1. The van der Waals surface area contributed by atoms with Crippen LogP contribution in [0.2, 0.25) is 5.02 Å². The number of amides is 4. The van der Waals surface area contributed by atoms with Gasteiger partial charge in [0.15, 0.2) is 0 Å². The molecule has 3 aliphatic heterocycles. The minimum atomic E-state index is -1.43. The number of anilines is 2. The Morgan fingerprint density at radius 3 is 2.38 bits per heavy atom. The van der Waals surface area contributed by atoms with E-state index in [0.29, 0.717) is 33.9 Å². The predicted octanol–water partition coefficient (Wildman–Crippen LogP) is 2.92. The first kappa shape index (κ1) is 23.4. The van der Waals surface area contributed by atoms with Gasteiger partial charge in [-0.25, -0.2) is 4.90 Å². The highest BCUT2D eigenvalue weighted by molar-refractivity contribution is 6.32. The summed E-state index contributed by atoms with van der Waals surface area (Å²) in [5, 5.41) is 6.87. The number of carbonyl (C=O) groups is 4. The Bertz CT molecular complexity index is 1490. The third-order valence-corrected chi connectivity index (χ3v) is 8.20. The van der Waals surface area contributed by atoms with E-state index >= 15 is 0 Å². The molecule has 0 saturated carbocycles. The van der Waals surface area contributed by atoms with E-state index in [9.17, 15) is 19.2 Å². The Balaban J connectivity index is 1.49. The Morgan fingerprint density at radius 1 is 1.00 bits per heavy atom. The third-order valence-electron chi connectivity index (χ3n) is 7.79. The average molecular weight is 515 g/mol. The summed E-state index contributed by atoms with van der Waals surface area (Å²) in [5.74, 6) is -3.60. The normalized spacial score (nSPS) is 25.9. The second kappa shape index (κ2) is 8.26. The molecular formula is C28H23ClN4O4. The van der Waals surface area contributed by atoms with Gasteiger partial charge in [-0.15, -0.1) is 0 Å². The second-order valence-corrected chi connectivity index (χ2v) is 10.1. The van der Waals surface area contributed by atoms with E-state index in [1.54, 1.807) is 12.1 Å². The molecule has 186 valence electrons. The monoisotopic (exact) mass is 514 g/mol. The molecule has 3 aromatic rings. The minimum absolute atomic E-state index is 0.264. The number of carbonyl (C=O) groups excluding carboxylic acids is 4. The van der Waals surface area contributed by atoms with E-state index in [0.717, 1.165) is 10.5 Å². The topological polar surface area (TPSA) is 122 Å². The zero-order valence-electron chi connectivity index (χ0n) is 19.8. The molecule has 1 spiro atoms. The van der Waals surface area contributed by atoms with Crippen molar-refractivity contribution in [3.63, 3.8) is 0 Å². The second-order valence-electron chi connectivity index (χ2n) is 9.72. The number of primary amides is 1. The van der Waals surface area contributed by atoms with Gasteiger partial charge in [-0.05, 0) is 54.8 Å². The lowest BCUT2D eigenvalue weighted by Crippen LogP contribution is -2.53. The van der Waals surface area contributed by atoms with Gasteiger partial charge in [0.1, 0.15) is 5.54 Å². The molecule has 3 aliphatic rings. The molecule has 8 nitrogen and oxygen atoms in total. The van der Waals surface area contributed by atoms with Crippen molar-refractivity contribution in [1.29, 1.82) is 0 Å². The van der Waals surface area contributed by atoms with Gasteiger partial charge in [0, 0.05) is 22.2 Å². The molecule has 2 fully saturated rings. The quantitative estimate of drug-likeness (QED) is 0.462. The Morgan fingerprint density at radius 2 is 1.70 bits per heavy atom. The summed E-state index contributed by atoms with van der Waals surface area (Å²) in [6.07, 6.45) is 0.451. The van der Waals surface area contributed by atoms with Crippen molar-refractivity contribution in [3.05, 3.63) is 94.0 Å². The number of rotatable bonds is 4. The molecule has 2 saturated heterocycles. The lowest BCUT2D eigenvalue weighted by Gasteiger charge is -2.29. The third kappa shape index (κ3) is 3.26. The lowest BCUT2D eigenvalue weighted by molar-refractivity contribution is -0.130. The highest BCUT2D eigenvalue weighted by Gasteiger charge is 2.70. The number of benzene rings is 3. The van der Waals surface area contributed by atoms with Crippen LogP contribution < -0.4 is 21.3 Å². The summed E-state index contributed by atoms with van der Waals surface area (Å²) in [5.41, 5.74) is 7.36. The molecule has 0 bridgehead atoms. The van der Waals surface area contributed by atoms with E-state index in [2.05, 4.69) is 10.6 Å². The molecule has 3 aromatic carbocycles. The van der Waals surface area contributed by atoms with Crippen LogP contribution in [0.3, 0.4) is 0 Å². The maximum atomic E-state index is 14.1. The zero-order valence-corrected chi connectivity index (χ0v) is 20.6. The number of nitrogens with one attached hydrogen (secondary N) is 2. The maximum Gasteiger partial charge on any atom is 0.250 e. The van der Waals surface area contributed by atoms with Crippen molar-refractivity contribution in [3.8, 4) is 0 Å². The van der Waals surface area contributed by atoms with Crippen LogP contribution in [0.5, 0.6) is 0 Å². The van der Waals surface area contributed by atoms with Crippen LogP contribution in [0.1, 0.15) is 27.0 Å². The predicted molar refractivity (Wildman–Crippen MR) is 138 cm³/mol. The first-order valence-electron chi connectivity index (χ1n) is 11.9. The van der Waals surface area contributed by atoms with Crippen LogP contribution in [0.25, 0.3) is 0 Å². The first-order valence-corrected chi connectivity index (χ1v) is 12.3. The van der Waals surface area contributed by atoms with Crippen LogP contribution in [-0.4, -0.2) is 29.7 Å². The minimum Gasteiger partial charge on any atom is -0.366 e. The van der Waals surface area contributed by atoms with Crippen LogP contribution in [-0.2, 0) is 26.3 Å². The molecule has 4 N–H and O–H groups in total. The summed E-state index contributed by atoms with van der Waals surface area (Å²) >= 11 is 6.34. The van der Waals surface area contributed by atoms with Gasteiger partial charge in [0.25, 0.3) is 0 Å². The molecule has 4 amide bonds. The molecule has 37 heavy (non-hydrogen) atoms. The number of imide groups is 1. The highest BCUT2D eigenvalue weighted by Crippen LogP contribution is 2.55. The molecule has 0 aromatic heterocycles. The van der Waals surface area contributed by atoms with Gasteiger partial charge in [-0.1, -0.05) is 48.0 Å². The fourth-order valence-corrected chi connectivity index (χ4v) is 6.22. The number of hydrogen-bond donors (Lipinski definition) is 3. The van der Waals surface area contributed by atoms with Gasteiger partial charge in [0.2, 0.25) is 23.6 Å². The maximum absolute atomic E-state index is 14.1. The number of nitrogens with two attached hydrogens (primary N) is 1. The van der Waals surface area contributed by atoms with E-state index in [-0.39, 0.29) is 17.4 Å². The Hall–Kier alpha value is -4.01. The number of hydrogen-bond acceptors (Lipinski definition) is 5. The van der Waals surface area contributed by atoms with E-state index < -0.39 is 35.2 Å². The van der Waals surface area contributed by atoms with E-state index in [1.807, 2.05) is 37.3 Å². The molecule has 0 aliphatic carbocycles. The van der Waals surface area contributed by atoms with Gasteiger partial charge < -0.3 is 11.1 Å². The van der Waals surface area contributed by atoms with Crippen LogP contribution in [0, 0.1) is 18.8 Å². The SMILES string of the molecule is Cc1c(Cl)ccc2c1NC(=O)C21NC(Cc2ccccc2)C2C(=O)N(c3ccc(C(N)=O)cc3)C(=O)C21. The number of nitrogens with zero attached hydrogens (tertiary/aromatic N) is 1. The summed E-state index contributed by atoms with van der Waals surface area (Å²) in [7, 11) is 0. The summed E-state index contributed by atoms with van der Waals surface area (Å²) < 4.78 is 0. The fourth-order valence-electron chi connectivity index (χ4n) is 6.06. The largest absolute Gasteiger partial charge is 0.366 e. The molecule has 4 unspecified atom stereocenters. The molecular weight excluding hydrogens is 492 g/mol. The average Bonchev–Trinajstić information content (AvgIpc) is 3.47. The number of fused-ring (bicyclic) bond motifs is 4.